The number of urea groups is 1. The maximum absolute atomic E-state index is 13.1. The second-order valence-corrected chi connectivity index (χ2v) is 14.1. The summed E-state index contributed by atoms with van der Waals surface area (Å²) in [6.07, 6.45) is 2.98. The lowest BCUT2D eigenvalue weighted by Crippen LogP contribution is -2.51. The van der Waals surface area contributed by atoms with Crippen molar-refractivity contribution < 1.29 is 23.9 Å². The summed E-state index contributed by atoms with van der Waals surface area (Å²) in [7, 11) is 0. The lowest BCUT2D eigenvalue weighted by Gasteiger charge is -2.22. The number of benzene rings is 3. The number of primary amides is 1. The van der Waals surface area contributed by atoms with Crippen LogP contribution in [0, 0.1) is 5.92 Å². The predicted octanol–water partition coefficient (Wildman–Crippen LogP) is 4.84. The highest BCUT2D eigenvalue weighted by atomic mass is 16.5. The Bertz CT molecular complexity index is 2130. The van der Waals surface area contributed by atoms with Crippen molar-refractivity contribution in [3.63, 3.8) is 0 Å². The summed E-state index contributed by atoms with van der Waals surface area (Å²) in [6.45, 7) is 6.95. The molecule has 15 nitrogen and oxygen atoms in total. The van der Waals surface area contributed by atoms with Crippen molar-refractivity contribution in [1.82, 2.24) is 30.5 Å². The van der Waals surface area contributed by atoms with E-state index in [1.54, 1.807) is 24.3 Å². The van der Waals surface area contributed by atoms with Crippen molar-refractivity contribution in [3.8, 4) is 0 Å². The van der Waals surface area contributed by atoms with Crippen LogP contribution in [-0.4, -0.2) is 57.1 Å². The summed E-state index contributed by atoms with van der Waals surface area (Å²) in [4.78, 5) is 58.8. The Hall–Kier alpha value is -6.22. The zero-order chi connectivity index (χ0) is 40.2. The van der Waals surface area contributed by atoms with Gasteiger partial charge >= 0.3 is 12.1 Å². The van der Waals surface area contributed by atoms with Crippen LogP contribution in [0.4, 0.5) is 21.1 Å². The van der Waals surface area contributed by atoms with E-state index in [0.717, 1.165) is 58.2 Å². The van der Waals surface area contributed by atoms with Gasteiger partial charge in [0.2, 0.25) is 11.8 Å². The molecular formula is C41H52N10O5. The number of hydrogen-bond acceptors (Lipinski definition) is 9. The maximum Gasteiger partial charge on any atom is 0.407 e. The lowest BCUT2D eigenvalue weighted by atomic mass is 10.0. The lowest BCUT2D eigenvalue weighted by molar-refractivity contribution is -0.128. The number of unbranched alkanes of at least 4 members (excludes halogenated alkanes) is 1. The Labute approximate surface area is 326 Å². The number of anilines is 2. The molecule has 10 N–H and O–H groups in total. The molecule has 0 aliphatic carbocycles. The van der Waals surface area contributed by atoms with Crippen LogP contribution in [0.15, 0.2) is 72.8 Å². The van der Waals surface area contributed by atoms with E-state index in [0.29, 0.717) is 30.0 Å². The number of aryl methyl sites for hydroxylation is 1. The van der Waals surface area contributed by atoms with Gasteiger partial charge in [0.25, 0.3) is 0 Å². The molecule has 0 fully saturated rings. The number of alkyl carbamates (subject to hydrolysis) is 1. The van der Waals surface area contributed by atoms with E-state index in [1.807, 2.05) is 56.3 Å². The van der Waals surface area contributed by atoms with Crippen LogP contribution < -0.4 is 38.5 Å². The standard InChI is InChI=1S/C41H52N10O5/c1-4-5-12-33-50-35-36(30-9-6-7-10-31(30)48-37(35)43)51(33)23-27-15-13-26(14-16-27)22-46-41(55)56-24-28-17-19-29(20-18-28)47-38(52)32(11-8-21-45-40(44)54)49-39(53)34(42)25(2)3/h6-7,9-10,13-20,25,32,34H,4-5,8,11-12,21-24,42H2,1-3H3,(H2,43,48)(H,46,55)(H,47,52)(H,49,53)(H3,44,45,54)/t32-,34-/m0/s1. The fourth-order valence-corrected chi connectivity index (χ4v) is 6.19. The van der Waals surface area contributed by atoms with Gasteiger partial charge in [-0.3, -0.25) is 9.59 Å². The number of rotatable bonds is 18. The first-order valence-corrected chi connectivity index (χ1v) is 18.9. The number of pyridine rings is 1. The molecule has 0 aliphatic heterocycles. The third kappa shape index (κ3) is 10.9. The van der Waals surface area contributed by atoms with E-state index >= 15 is 0 Å². The Balaban J connectivity index is 1.13. The van der Waals surface area contributed by atoms with Gasteiger partial charge in [0, 0.05) is 37.1 Å². The number of carbonyl (C=O) groups excluding carboxylic acids is 4. The van der Waals surface area contributed by atoms with E-state index in [-0.39, 0.29) is 32.0 Å². The van der Waals surface area contributed by atoms with Gasteiger partial charge in [-0.25, -0.2) is 19.6 Å². The monoisotopic (exact) mass is 764 g/mol. The topological polar surface area (TPSA) is 234 Å². The normalized spacial score (nSPS) is 12.3. The molecule has 2 heterocycles. The minimum atomic E-state index is -0.885. The van der Waals surface area contributed by atoms with Gasteiger partial charge in [-0.1, -0.05) is 81.8 Å². The molecule has 5 rings (SSSR count). The van der Waals surface area contributed by atoms with Crippen molar-refractivity contribution in [1.29, 1.82) is 0 Å². The van der Waals surface area contributed by atoms with Crippen LogP contribution in [0.3, 0.4) is 0 Å². The molecule has 0 unspecified atom stereocenters. The van der Waals surface area contributed by atoms with Gasteiger partial charge in [-0.05, 0) is 60.1 Å². The highest BCUT2D eigenvalue weighted by Gasteiger charge is 2.25. The average Bonchev–Trinajstić information content (AvgIpc) is 3.55. The molecule has 56 heavy (non-hydrogen) atoms. The number of nitrogens with two attached hydrogens (primary N) is 3. The van der Waals surface area contributed by atoms with Gasteiger partial charge in [-0.2, -0.15) is 0 Å². The number of nitrogen functional groups attached to an aromatic ring is 1. The average molecular weight is 765 g/mol. The van der Waals surface area contributed by atoms with Crippen LogP contribution in [0.2, 0.25) is 0 Å². The molecule has 5 aromatic rings. The number of hydrogen-bond donors (Lipinski definition) is 7. The van der Waals surface area contributed by atoms with Gasteiger partial charge in [0.15, 0.2) is 5.82 Å². The second-order valence-electron chi connectivity index (χ2n) is 14.1. The highest BCUT2D eigenvalue weighted by molar-refractivity contribution is 6.06. The first-order valence-electron chi connectivity index (χ1n) is 18.9. The predicted molar refractivity (Wildman–Crippen MR) is 217 cm³/mol. The molecule has 3 aromatic carbocycles. The van der Waals surface area contributed by atoms with E-state index in [9.17, 15) is 19.2 Å². The van der Waals surface area contributed by atoms with Crippen molar-refractivity contribution >= 4 is 57.4 Å². The minimum absolute atomic E-state index is 0.0194. The smallest absolute Gasteiger partial charge is 0.407 e. The summed E-state index contributed by atoms with van der Waals surface area (Å²) in [5.74, 6) is 0.400. The Morgan fingerprint density at radius 3 is 2.25 bits per heavy atom. The molecule has 15 heteroatoms. The fourth-order valence-electron chi connectivity index (χ4n) is 6.19. The molecule has 0 spiro atoms. The maximum atomic E-state index is 13.1. The zero-order valence-corrected chi connectivity index (χ0v) is 32.1. The second kappa shape index (κ2) is 19.4. The Morgan fingerprint density at radius 2 is 1.55 bits per heavy atom. The van der Waals surface area contributed by atoms with Crippen molar-refractivity contribution in [2.45, 2.75) is 84.7 Å². The third-order valence-electron chi connectivity index (χ3n) is 9.46. The number of ether oxygens (including phenoxy) is 1. The van der Waals surface area contributed by atoms with E-state index in [2.05, 4.69) is 43.8 Å². The first-order chi connectivity index (χ1) is 26.9. The van der Waals surface area contributed by atoms with Crippen LogP contribution >= 0.6 is 0 Å². The van der Waals surface area contributed by atoms with E-state index < -0.39 is 36.0 Å². The quantitative estimate of drug-likeness (QED) is 0.0604. The van der Waals surface area contributed by atoms with Crippen LogP contribution in [-0.2, 0) is 40.4 Å². The first kappa shape index (κ1) is 41.0. The third-order valence-corrected chi connectivity index (χ3v) is 9.46. The minimum Gasteiger partial charge on any atom is -0.445 e. The number of nitrogens with one attached hydrogen (secondary N) is 4. The molecule has 2 atom stereocenters. The van der Waals surface area contributed by atoms with Gasteiger partial charge in [0.05, 0.1) is 17.1 Å². The van der Waals surface area contributed by atoms with E-state index in [1.165, 1.54) is 0 Å². The SMILES string of the molecule is CCCCc1nc2c(N)nc3ccccc3c2n1Cc1ccc(CNC(=O)OCc2ccc(NC(=O)[C@H](CCCNC(N)=O)NC(=O)[C@@H](N)C(C)C)cc2)cc1. The number of nitrogens with zero attached hydrogens (tertiary/aromatic N) is 3. The highest BCUT2D eigenvalue weighted by Crippen LogP contribution is 2.30. The Kier molecular flexibility index (Phi) is 14.2. The fraction of sp³-hybridized carbons (Fsp3) is 0.366. The largest absolute Gasteiger partial charge is 0.445 e. The zero-order valence-electron chi connectivity index (χ0n) is 32.1. The van der Waals surface area contributed by atoms with Crippen molar-refractivity contribution in [2.24, 2.45) is 17.4 Å². The van der Waals surface area contributed by atoms with Crippen LogP contribution in [0.5, 0.6) is 0 Å². The summed E-state index contributed by atoms with van der Waals surface area (Å²) >= 11 is 0. The molecular weight excluding hydrogens is 713 g/mol. The van der Waals surface area contributed by atoms with Crippen molar-refractivity contribution in [3.05, 3.63) is 95.3 Å². The summed E-state index contributed by atoms with van der Waals surface area (Å²) in [5, 5.41) is 11.8. The Morgan fingerprint density at radius 1 is 0.857 bits per heavy atom. The van der Waals surface area contributed by atoms with Crippen LogP contribution in [0.25, 0.3) is 21.9 Å². The molecule has 0 saturated heterocycles. The molecule has 5 amide bonds. The summed E-state index contributed by atoms with van der Waals surface area (Å²) in [6, 6.07) is 20.5. The number of imidazole rings is 1. The number of carbonyl (C=O) groups is 4. The molecule has 0 aliphatic rings. The molecule has 0 radical (unpaired) electrons. The summed E-state index contributed by atoms with van der Waals surface area (Å²) in [5.41, 5.74) is 23.2. The van der Waals surface area contributed by atoms with Gasteiger partial charge in [0.1, 0.15) is 24.0 Å². The van der Waals surface area contributed by atoms with E-state index in [4.69, 9.17) is 26.9 Å². The molecule has 2 aromatic heterocycles. The molecule has 0 bridgehead atoms. The number of aromatic nitrogens is 3. The van der Waals surface area contributed by atoms with Gasteiger partial charge < -0.3 is 47.8 Å². The van der Waals surface area contributed by atoms with Gasteiger partial charge in [-0.15, -0.1) is 0 Å². The summed E-state index contributed by atoms with van der Waals surface area (Å²) < 4.78 is 7.67. The van der Waals surface area contributed by atoms with Crippen LogP contribution in [0.1, 0.15) is 69.0 Å². The molecule has 296 valence electrons. The van der Waals surface area contributed by atoms with Crippen molar-refractivity contribution in [2.75, 3.05) is 17.6 Å². The number of fused-ring (bicyclic) bond motifs is 3. The number of para-hydroxylation sites is 1. The molecule has 0 saturated carbocycles. The number of amides is 5.